The number of allylic oxidation sites excluding steroid dienone is 2. The van der Waals surface area contributed by atoms with Crippen LogP contribution in [-0.4, -0.2) is 5.71 Å². The predicted molar refractivity (Wildman–Crippen MR) is 86.5 cm³/mol. The zero-order valence-corrected chi connectivity index (χ0v) is 13.2. The van der Waals surface area contributed by atoms with Crippen LogP contribution < -0.4 is 17.0 Å². The Bertz CT molecular complexity index is 839. The Morgan fingerprint density at radius 3 is 2.60 bits per heavy atom. The van der Waals surface area contributed by atoms with Crippen molar-refractivity contribution in [2.75, 3.05) is 0 Å². The maximum atomic E-state index is 12.9. The summed E-state index contributed by atoms with van der Waals surface area (Å²) >= 11 is 0. The van der Waals surface area contributed by atoms with Gasteiger partial charge in [0, 0.05) is 6.42 Å². The van der Waals surface area contributed by atoms with E-state index < -0.39 is 11.7 Å². The number of aliphatic imine (C=N–C) groups is 1. The summed E-state index contributed by atoms with van der Waals surface area (Å²) in [5.41, 5.74) is 9.94. The number of nitriles is 1. The van der Waals surface area contributed by atoms with Crippen molar-refractivity contribution >= 4 is 5.71 Å². The van der Waals surface area contributed by atoms with E-state index in [4.69, 9.17) is 16.8 Å². The minimum absolute atomic E-state index is 0.0119. The first kappa shape index (κ1) is 17.0. The van der Waals surface area contributed by atoms with Crippen molar-refractivity contribution < 1.29 is 13.2 Å². The van der Waals surface area contributed by atoms with Gasteiger partial charge in [-0.15, -0.1) is 0 Å². The molecule has 130 valence electrons. The number of alkyl halides is 3. The molecule has 3 rings (SSSR count). The fraction of sp³-hybridized carbons (Fsp3) is 0.294. The minimum atomic E-state index is -4.42. The van der Waals surface area contributed by atoms with Crippen LogP contribution in [0.4, 0.5) is 13.2 Å². The Kier molecular flexibility index (Phi) is 4.27. The molecule has 5 N–H and O–H groups in total. The number of hydrazine groups is 1. The lowest BCUT2D eigenvalue weighted by Crippen LogP contribution is -2.24. The molecule has 0 radical (unpaired) electrons. The third kappa shape index (κ3) is 3.37. The van der Waals surface area contributed by atoms with Gasteiger partial charge in [0.15, 0.2) is 5.70 Å². The van der Waals surface area contributed by atoms with Crippen LogP contribution in [0.25, 0.3) is 0 Å². The van der Waals surface area contributed by atoms with E-state index in [9.17, 15) is 13.2 Å². The zero-order valence-electron chi connectivity index (χ0n) is 13.2. The first-order valence-electron chi connectivity index (χ1n) is 7.70. The highest BCUT2D eigenvalue weighted by Crippen LogP contribution is 2.44. The molecule has 0 atom stereocenters. The van der Waals surface area contributed by atoms with Gasteiger partial charge in [-0.1, -0.05) is 12.1 Å². The molecule has 0 amide bonds. The largest absolute Gasteiger partial charge is 0.416 e. The molecule has 1 aromatic rings. The molecule has 0 spiro atoms. The second kappa shape index (κ2) is 6.26. The van der Waals surface area contributed by atoms with Crippen LogP contribution in [0.2, 0.25) is 0 Å². The number of benzene rings is 1. The lowest BCUT2D eigenvalue weighted by molar-refractivity contribution is -0.137. The molecule has 2 aliphatic rings. The van der Waals surface area contributed by atoms with Gasteiger partial charge in [0.05, 0.1) is 22.7 Å². The molecular formula is C17H16F3N5. The van der Waals surface area contributed by atoms with E-state index >= 15 is 0 Å². The van der Waals surface area contributed by atoms with E-state index in [1.807, 2.05) is 6.07 Å². The molecule has 0 aromatic heterocycles. The Balaban J connectivity index is 2.01. The topological polar surface area (TPSA) is 100 Å². The summed E-state index contributed by atoms with van der Waals surface area (Å²) in [5, 5.41) is 9.08. The third-order valence-electron chi connectivity index (χ3n) is 4.28. The summed E-state index contributed by atoms with van der Waals surface area (Å²) in [4.78, 5) is 4.44. The second-order valence-corrected chi connectivity index (χ2v) is 6.01. The van der Waals surface area contributed by atoms with Crippen molar-refractivity contribution in [2.24, 2.45) is 22.5 Å². The molecule has 8 heteroatoms. The number of nitrogens with zero attached hydrogens (tertiary/aromatic N) is 2. The molecule has 1 fully saturated rings. The monoisotopic (exact) mass is 347 g/mol. The van der Waals surface area contributed by atoms with E-state index in [1.165, 1.54) is 6.07 Å². The van der Waals surface area contributed by atoms with E-state index in [0.717, 1.165) is 30.5 Å². The molecule has 0 bridgehead atoms. The van der Waals surface area contributed by atoms with Gasteiger partial charge in [0.25, 0.3) is 0 Å². The highest BCUT2D eigenvalue weighted by molar-refractivity contribution is 6.05. The summed E-state index contributed by atoms with van der Waals surface area (Å²) in [6.45, 7) is 0. The summed E-state index contributed by atoms with van der Waals surface area (Å²) in [6.07, 6.45) is -2.03. The molecule has 1 heterocycles. The summed E-state index contributed by atoms with van der Waals surface area (Å²) in [6, 6.07) is 6.91. The number of hydrogen-bond acceptors (Lipinski definition) is 5. The van der Waals surface area contributed by atoms with Crippen molar-refractivity contribution in [2.45, 2.75) is 25.4 Å². The Labute approximate surface area is 142 Å². The molecule has 1 aliphatic carbocycles. The smallest absolute Gasteiger partial charge is 0.395 e. The van der Waals surface area contributed by atoms with Gasteiger partial charge in [-0.3, -0.25) is 4.99 Å². The van der Waals surface area contributed by atoms with Gasteiger partial charge in [0.2, 0.25) is 0 Å². The van der Waals surface area contributed by atoms with Crippen molar-refractivity contribution in [3.05, 3.63) is 58.1 Å². The lowest BCUT2D eigenvalue weighted by Gasteiger charge is -2.09. The maximum Gasteiger partial charge on any atom is 0.416 e. The average Bonchev–Trinajstić information content (AvgIpc) is 3.33. The number of rotatable bonds is 4. The van der Waals surface area contributed by atoms with E-state index in [0.29, 0.717) is 29.3 Å². The van der Waals surface area contributed by atoms with Gasteiger partial charge in [-0.25, -0.2) is 5.84 Å². The number of hydrogen-bond donors (Lipinski definition) is 3. The SMILES string of the molecule is N#C/C(NN)=C(/N)C1=C(C2CC2)CC(c2cccc(C(F)(F)F)c2)=N1. The molecule has 0 unspecified atom stereocenters. The van der Waals surface area contributed by atoms with Crippen LogP contribution in [0.1, 0.15) is 30.4 Å². The van der Waals surface area contributed by atoms with Crippen LogP contribution in [0.15, 0.2) is 51.9 Å². The van der Waals surface area contributed by atoms with Gasteiger partial charge < -0.3 is 11.2 Å². The molecule has 5 nitrogen and oxygen atoms in total. The van der Waals surface area contributed by atoms with Crippen molar-refractivity contribution in [1.29, 1.82) is 5.26 Å². The summed E-state index contributed by atoms with van der Waals surface area (Å²) in [7, 11) is 0. The van der Waals surface area contributed by atoms with Crippen molar-refractivity contribution in [3.8, 4) is 6.07 Å². The molecule has 1 aliphatic heterocycles. The van der Waals surface area contributed by atoms with E-state index in [-0.39, 0.29) is 11.4 Å². The second-order valence-electron chi connectivity index (χ2n) is 6.01. The van der Waals surface area contributed by atoms with Gasteiger partial charge >= 0.3 is 6.18 Å². The number of halogens is 3. The van der Waals surface area contributed by atoms with Gasteiger partial charge in [0.1, 0.15) is 6.07 Å². The van der Waals surface area contributed by atoms with Crippen LogP contribution in [0.3, 0.4) is 0 Å². The lowest BCUT2D eigenvalue weighted by atomic mass is 9.99. The van der Waals surface area contributed by atoms with Crippen molar-refractivity contribution in [1.82, 2.24) is 5.43 Å². The van der Waals surface area contributed by atoms with E-state index in [1.54, 1.807) is 6.07 Å². The molecule has 1 aromatic carbocycles. The highest BCUT2D eigenvalue weighted by Gasteiger charge is 2.35. The standard InChI is InChI=1S/C17H16F3N5/c18-17(19,20)11-3-1-2-10(6-11)13-7-12(9-4-5-9)16(24-13)15(22)14(8-21)25-23/h1-3,6,9,25H,4-5,7,22-23H2/b15-14-. The van der Waals surface area contributed by atoms with E-state index in [2.05, 4.69) is 10.4 Å². The Morgan fingerprint density at radius 1 is 1.32 bits per heavy atom. The first-order valence-corrected chi connectivity index (χ1v) is 7.70. The average molecular weight is 347 g/mol. The van der Waals surface area contributed by atoms with Crippen molar-refractivity contribution in [3.63, 3.8) is 0 Å². The fourth-order valence-electron chi connectivity index (χ4n) is 2.84. The Morgan fingerprint density at radius 2 is 2.04 bits per heavy atom. The van der Waals surface area contributed by atoms with Crippen LogP contribution in [0.5, 0.6) is 0 Å². The zero-order chi connectivity index (χ0) is 18.2. The normalized spacial score (nSPS) is 18.6. The quantitative estimate of drug-likeness (QED) is 0.443. The summed E-state index contributed by atoms with van der Waals surface area (Å²) < 4.78 is 38.8. The predicted octanol–water partition coefficient (Wildman–Crippen LogP) is 2.72. The Hall–Kier alpha value is -2.79. The number of nitrogens with one attached hydrogen (secondary N) is 1. The number of nitrogens with two attached hydrogens (primary N) is 2. The highest BCUT2D eigenvalue weighted by atomic mass is 19.4. The van der Waals surface area contributed by atoms with Crippen LogP contribution in [0, 0.1) is 17.2 Å². The summed E-state index contributed by atoms with van der Waals surface area (Å²) in [5.74, 6) is 5.60. The van der Waals surface area contributed by atoms with Crippen LogP contribution >= 0.6 is 0 Å². The third-order valence-corrected chi connectivity index (χ3v) is 4.28. The van der Waals surface area contributed by atoms with Crippen LogP contribution in [-0.2, 0) is 6.18 Å². The molecule has 1 saturated carbocycles. The molecular weight excluding hydrogens is 331 g/mol. The molecule has 0 saturated heterocycles. The fourth-order valence-corrected chi connectivity index (χ4v) is 2.84. The van der Waals surface area contributed by atoms with Gasteiger partial charge in [-0.2, -0.15) is 18.4 Å². The first-order chi connectivity index (χ1) is 11.8. The minimum Gasteiger partial charge on any atom is -0.395 e. The van der Waals surface area contributed by atoms with Gasteiger partial charge in [-0.05, 0) is 42.0 Å². The maximum absolute atomic E-state index is 12.9. The molecule has 25 heavy (non-hydrogen) atoms.